The van der Waals surface area contributed by atoms with Crippen LogP contribution in [0.2, 0.25) is 0 Å². The van der Waals surface area contributed by atoms with Crippen molar-refractivity contribution in [2.45, 2.75) is 12.5 Å². The zero-order valence-corrected chi connectivity index (χ0v) is 10.8. The van der Waals surface area contributed by atoms with Gasteiger partial charge in [0.2, 0.25) is 0 Å². The van der Waals surface area contributed by atoms with Crippen LogP contribution in [0, 0.1) is 0 Å². The first-order chi connectivity index (χ1) is 9.22. The lowest BCUT2D eigenvalue weighted by atomic mass is 9.90. The third-order valence-corrected chi connectivity index (χ3v) is 3.35. The van der Waals surface area contributed by atoms with Gasteiger partial charge in [-0.3, -0.25) is 9.69 Å². The van der Waals surface area contributed by atoms with Gasteiger partial charge in [-0.15, -0.1) is 0 Å². The Labute approximate surface area is 112 Å². The van der Waals surface area contributed by atoms with E-state index in [0.717, 1.165) is 17.7 Å². The van der Waals surface area contributed by atoms with Crippen LogP contribution < -0.4 is 0 Å². The van der Waals surface area contributed by atoms with Gasteiger partial charge in [0.05, 0.1) is 25.7 Å². The van der Waals surface area contributed by atoms with E-state index in [0.29, 0.717) is 26.3 Å². The Balaban J connectivity index is 2.01. The van der Waals surface area contributed by atoms with E-state index < -0.39 is 11.9 Å². The van der Waals surface area contributed by atoms with Crippen molar-refractivity contribution in [3.05, 3.63) is 35.4 Å². The molecule has 0 aromatic heterocycles. The number of hydrogen-bond donors (Lipinski definition) is 2. The van der Waals surface area contributed by atoms with Gasteiger partial charge >= 0.3 is 5.97 Å². The number of rotatable bonds is 6. The van der Waals surface area contributed by atoms with Crippen LogP contribution in [0.1, 0.15) is 17.0 Å². The van der Waals surface area contributed by atoms with Gasteiger partial charge < -0.3 is 14.9 Å². The Kier molecular flexibility index (Phi) is 4.90. The molecule has 0 bridgehead atoms. The molecule has 1 aliphatic rings. The van der Waals surface area contributed by atoms with E-state index in [-0.39, 0.29) is 6.61 Å². The smallest absolute Gasteiger partial charge is 0.312 e. The van der Waals surface area contributed by atoms with Gasteiger partial charge in [-0.2, -0.15) is 0 Å². The molecule has 19 heavy (non-hydrogen) atoms. The van der Waals surface area contributed by atoms with Crippen LogP contribution in [-0.2, 0) is 16.1 Å². The van der Waals surface area contributed by atoms with Crippen LogP contribution in [-0.4, -0.2) is 54.0 Å². The maximum Gasteiger partial charge on any atom is 0.312 e. The number of aliphatic hydroxyl groups is 1. The third kappa shape index (κ3) is 3.53. The molecule has 1 atom stereocenters. The summed E-state index contributed by atoms with van der Waals surface area (Å²) in [6, 6.07) is 7.69. The summed E-state index contributed by atoms with van der Waals surface area (Å²) in [5.74, 6) is -1.25. The zero-order valence-electron chi connectivity index (χ0n) is 10.8. The molecule has 1 aliphatic heterocycles. The molecular formula is C14H19NO4. The van der Waals surface area contributed by atoms with E-state index in [2.05, 4.69) is 4.90 Å². The molecule has 1 unspecified atom stereocenters. The predicted octanol–water partition coefficient (Wildman–Crippen LogP) is 0.679. The van der Waals surface area contributed by atoms with E-state index in [1.165, 1.54) is 0 Å². The minimum Gasteiger partial charge on any atom is -0.481 e. The summed E-state index contributed by atoms with van der Waals surface area (Å²) in [5.41, 5.74) is 1.99. The Bertz CT molecular complexity index is 435. The molecule has 0 radical (unpaired) electrons. The van der Waals surface area contributed by atoms with E-state index in [1.807, 2.05) is 24.3 Å². The van der Waals surface area contributed by atoms with E-state index >= 15 is 0 Å². The van der Waals surface area contributed by atoms with Gasteiger partial charge in [-0.1, -0.05) is 24.3 Å². The molecule has 0 saturated heterocycles. The van der Waals surface area contributed by atoms with Gasteiger partial charge in [0.25, 0.3) is 0 Å². The number of aliphatic hydroxyl groups excluding tert-OH is 1. The Morgan fingerprint density at radius 3 is 2.89 bits per heavy atom. The number of carboxylic acids is 1. The Hall–Kier alpha value is -1.43. The van der Waals surface area contributed by atoms with Crippen molar-refractivity contribution in [3.63, 3.8) is 0 Å². The Morgan fingerprint density at radius 1 is 1.37 bits per heavy atom. The maximum absolute atomic E-state index is 11.3. The molecule has 0 fully saturated rings. The average Bonchev–Trinajstić information content (AvgIpc) is 2.42. The molecular weight excluding hydrogens is 246 g/mol. The van der Waals surface area contributed by atoms with Crippen molar-refractivity contribution < 1.29 is 19.7 Å². The monoisotopic (exact) mass is 265 g/mol. The summed E-state index contributed by atoms with van der Waals surface area (Å²) in [7, 11) is 0. The first-order valence-electron chi connectivity index (χ1n) is 6.44. The van der Waals surface area contributed by atoms with E-state index in [4.69, 9.17) is 9.84 Å². The van der Waals surface area contributed by atoms with Crippen molar-refractivity contribution in [1.29, 1.82) is 0 Å². The fraction of sp³-hybridized carbons (Fsp3) is 0.500. The quantitative estimate of drug-likeness (QED) is 0.740. The largest absolute Gasteiger partial charge is 0.481 e. The van der Waals surface area contributed by atoms with Gasteiger partial charge in [0.1, 0.15) is 0 Å². The highest BCUT2D eigenvalue weighted by Crippen LogP contribution is 2.28. The summed E-state index contributed by atoms with van der Waals surface area (Å²) < 4.78 is 5.23. The van der Waals surface area contributed by atoms with Gasteiger partial charge in [-0.05, 0) is 11.1 Å². The third-order valence-electron chi connectivity index (χ3n) is 3.35. The molecule has 2 N–H and O–H groups in total. The van der Waals surface area contributed by atoms with Gasteiger partial charge in [-0.25, -0.2) is 0 Å². The second-order valence-electron chi connectivity index (χ2n) is 4.66. The van der Waals surface area contributed by atoms with Crippen LogP contribution in [0.15, 0.2) is 24.3 Å². The number of carbonyl (C=O) groups is 1. The molecule has 0 amide bonds. The van der Waals surface area contributed by atoms with Crippen LogP contribution in [0.25, 0.3) is 0 Å². The molecule has 2 rings (SSSR count). The normalized spacial score (nSPS) is 19.1. The lowest BCUT2D eigenvalue weighted by Crippen LogP contribution is -2.38. The minimum absolute atomic E-state index is 0.0145. The van der Waals surface area contributed by atoms with Crippen molar-refractivity contribution in [2.24, 2.45) is 0 Å². The first-order valence-corrected chi connectivity index (χ1v) is 6.44. The van der Waals surface area contributed by atoms with Crippen LogP contribution in [0.5, 0.6) is 0 Å². The zero-order chi connectivity index (χ0) is 13.7. The predicted molar refractivity (Wildman–Crippen MR) is 70.0 cm³/mol. The second-order valence-corrected chi connectivity index (χ2v) is 4.66. The number of ether oxygens (including phenoxy) is 1. The van der Waals surface area contributed by atoms with Gasteiger partial charge in [0, 0.05) is 19.6 Å². The standard InChI is InChI=1S/C14H19NO4/c16-6-8-19-7-5-15-9-11-3-1-2-4-12(11)13(10-15)14(17)18/h1-4,13,16H,5-10H2,(H,17,18). The highest BCUT2D eigenvalue weighted by Gasteiger charge is 2.29. The number of nitrogens with zero attached hydrogens (tertiary/aromatic N) is 1. The summed E-state index contributed by atoms with van der Waals surface area (Å²) >= 11 is 0. The van der Waals surface area contributed by atoms with Crippen LogP contribution >= 0.6 is 0 Å². The first kappa shape index (κ1) is 14.0. The highest BCUT2D eigenvalue weighted by atomic mass is 16.5. The molecule has 5 nitrogen and oxygen atoms in total. The number of hydrogen-bond acceptors (Lipinski definition) is 4. The van der Waals surface area contributed by atoms with Crippen LogP contribution in [0.3, 0.4) is 0 Å². The molecule has 5 heteroatoms. The lowest BCUT2D eigenvalue weighted by molar-refractivity contribution is -0.139. The summed E-state index contributed by atoms with van der Waals surface area (Å²) in [6.45, 7) is 2.79. The minimum atomic E-state index is -0.784. The molecule has 1 aromatic rings. The molecule has 0 aliphatic carbocycles. The summed E-state index contributed by atoms with van der Waals surface area (Å²) in [6.07, 6.45) is 0. The van der Waals surface area contributed by atoms with E-state index in [9.17, 15) is 9.90 Å². The number of aliphatic carboxylic acids is 1. The topological polar surface area (TPSA) is 70.0 Å². The average molecular weight is 265 g/mol. The molecule has 1 heterocycles. The lowest BCUT2D eigenvalue weighted by Gasteiger charge is -2.32. The second kappa shape index (κ2) is 6.65. The Morgan fingerprint density at radius 2 is 2.16 bits per heavy atom. The van der Waals surface area contributed by atoms with Crippen LogP contribution in [0.4, 0.5) is 0 Å². The van der Waals surface area contributed by atoms with Crippen molar-refractivity contribution in [2.75, 3.05) is 32.9 Å². The van der Waals surface area contributed by atoms with E-state index in [1.54, 1.807) is 0 Å². The number of fused-ring (bicyclic) bond motifs is 1. The number of benzene rings is 1. The summed E-state index contributed by atoms with van der Waals surface area (Å²) in [4.78, 5) is 13.4. The fourth-order valence-corrected chi connectivity index (χ4v) is 2.42. The highest BCUT2D eigenvalue weighted by molar-refractivity contribution is 5.77. The van der Waals surface area contributed by atoms with Gasteiger partial charge in [0.15, 0.2) is 0 Å². The van der Waals surface area contributed by atoms with Crippen molar-refractivity contribution in [3.8, 4) is 0 Å². The number of carboxylic acid groups (broad SMARTS) is 1. The molecule has 0 spiro atoms. The van der Waals surface area contributed by atoms with Crippen molar-refractivity contribution in [1.82, 2.24) is 4.90 Å². The maximum atomic E-state index is 11.3. The fourth-order valence-electron chi connectivity index (χ4n) is 2.42. The molecule has 104 valence electrons. The molecule has 1 aromatic carbocycles. The van der Waals surface area contributed by atoms with Crippen molar-refractivity contribution >= 4 is 5.97 Å². The molecule has 0 saturated carbocycles. The SMILES string of the molecule is O=C(O)C1CN(CCOCCO)Cc2ccccc21. The summed E-state index contributed by atoms with van der Waals surface area (Å²) in [5, 5.41) is 18.0.